The number of hydrogen-bond donors (Lipinski definition) is 1. The summed E-state index contributed by atoms with van der Waals surface area (Å²) in [6.45, 7) is 2.84. The average Bonchev–Trinajstić information content (AvgIpc) is 2.39. The van der Waals surface area contributed by atoms with E-state index < -0.39 is 16.8 Å². The minimum Gasteiger partial charge on any atom is -0.481 e. The maximum absolute atomic E-state index is 11.0. The van der Waals surface area contributed by atoms with Crippen molar-refractivity contribution in [1.82, 2.24) is 0 Å². The van der Waals surface area contributed by atoms with Crippen molar-refractivity contribution in [2.45, 2.75) is 19.8 Å². The van der Waals surface area contributed by atoms with Crippen molar-refractivity contribution in [3.8, 4) is 0 Å². The lowest BCUT2D eigenvalue weighted by molar-refractivity contribution is -0.385. The molecule has 1 aromatic rings. The Bertz CT molecular complexity index is 515. The molecular formula is C13H16N2O4. The van der Waals surface area contributed by atoms with Crippen molar-refractivity contribution in [2.24, 2.45) is 5.92 Å². The molecule has 2 rings (SSSR count). The third kappa shape index (κ3) is 2.83. The molecule has 1 heterocycles. The van der Waals surface area contributed by atoms with E-state index in [1.54, 1.807) is 13.0 Å². The molecule has 0 aromatic heterocycles. The van der Waals surface area contributed by atoms with E-state index in [2.05, 4.69) is 0 Å². The molecule has 19 heavy (non-hydrogen) atoms. The van der Waals surface area contributed by atoms with Crippen LogP contribution >= 0.6 is 0 Å². The van der Waals surface area contributed by atoms with Gasteiger partial charge in [0.1, 0.15) is 0 Å². The zero-order valence-corrected chi connectivity index (χ0v) is 10.7. The number of nitro groups is 1. The van der Waals surface area contributed by atoms with Gasteiger partial charge in [-0.25, -0.2) is 0 Å². The van der Waals surface area contributed by atoms with Gasteiger partial charge in [0.2, 0.25) is 0 Å². The van der Waals surface area contributed by atoms with Crippen molar-refractivity contribution < 1.29 is 14.8 Å². The Morgan fingerprint density at radius 2 is 2.26 bits per heavy atom. The Kier molecular flexibility index (Phi) is 3.69. The highest BCUT2D eigenvalue weighted by molar-refractivity contribution is 5.71. The van der Waals surface area contributed by atoms with Crippen LogP contribution in [-0.4, -0.2) is 29.1 Å². The van der Waals surface area contributed by atoms with Gasteiger partial charge in [0.25, 0.3) is 5.69 Å². The van der Waals surface area contributed by atoms with Crippen molar-refractivity contribution in [3.05, 3.63) is 33.9 Å². The maximum atomic E-state index is 11.0. The number of carboxylic acids is 1. The van der Waals surface area contributed by atoms with Gasteiger partial charge in [0.15, 0.2) is 0 Å². The lowest BCUT2D eigenvalue weighted by Crippen LogP contribution is -2.38. The number of nitro benzene ring substituents is 1. The Morgan fingerprint density at radius 3 is 2.89 bits per heavy atom. The second kappa shape index (κ2) is 5.26. The first kappa shape index (κ1) is 13.3. The van der Waals surface area contributed by atoms with Crippen LogP contribution in [0.3, 0.4) is 0 Å². The van der Waals surface area contributed by atoms with Crippen LogP contribution in [0.15, 0.2) is 18.2 Å². The van der Waals surface area contributed by atoms with E-state index in [9.17, 15) is 14.9 Å². The van der Waals surface area contributed by atoms with Crippen LogP contribution in [0, 0.1) is 23.0 Å². The molecule has 1 saturated heterocycles. The number of nitrogens with zero attached hydrogens (tertiary/aromatic N) is 2. The monoisotopic (exact) mass is 264 g/mol. The molecule has 1 atom stereocenters. The fourth-order valence-electron chi connectivity index (χ4n) is 2.40. The average molecular weight is 264 g/mol. The third-order valence-electron chi connectivity index (χ3n) is 3.53. The molecule has 1 aromatic carbocycles. The van der Waals surface area contributed by atoms with Gasteiger partial charge in [0, 0.05) is 30.4 Å². The zero-order chi connectivity index (χ0) is 14.0. The highest BCUT2D eigenvalue weighted by Gasteiger charge is 2.26. The number of hydrogen-bond acceptors (Lipinski definition) is 4. The second-order valence-corrected chi connectivity index (χ2v) is 4.85. The first-order valence-corrected chi connectivity index (χ1v) is 6.22. The molecule has 0 saturated carbocycles. The molecule has 1 fully saturated rings. The number of carboxylic acid groups (broad SMARTS) is 1. The third-order valence-corrected chi connectivity index (χ3v) is 3.53. The Hall–Kier alpha value is -2.11. The Labute approximate surface area is 110 Å². The normalized spacial score (nSPS) is 19.2. The van der Waals surface area contributed by atoms with Gasteiger partial charge in [-0.3, -0.25) is 14.9 Å². The molecule has 0 aliphatic carbocycles. The van der Waals surface area contributed by atoms with Crippen LogP contribution < -0.4 is 4.90 Å². The predicted molar refractivity (Wildman–Crippen MR) is 70.4 cm³/mol. The zero-order valence-electron chi connectivity index (χ0n) is 10.7. The van der Waals surface area contributed by atoms with Crippen LogP contribution in [0.25, 0.3) is 0 Å². The molecular weight excluding hydrogens is 248 g/mol. The number of carbonyl (C=O) groups is 1. The van der Waals surface area contributed by atoms with E-state index in [0.29, 0.717) is 18.5 Å². The van der Waals surface area contributed by atoms with Crippen molar-refractivity contribution in [2.75, 3.05) is 18.0 Å². The summed E-state index contributed by atoms with van der Waals surface area (Å²) in [5.74, 6) is -1.19. The first-order valence-electron chi connectivity index (χ1n) is 6.22. The summed E-state index contributed by atoms with van der Waals surface area (Å²) in [6.07, 6.45) is 1.46. The number of benzene rings is 1. The highest BCUT2D eigenvalue weighted by Crippen LogP contribution is 2.28. The fourth-order valence-corrected chi connectivity index (χ4v) is 2.40. The van der Waals surface area contributed by atoms with Crippen molar-refractivity contribution in [3.63, 3.8) is 0 Å². The summed E-state index contributed by atoms with van der Waals surface area (Å²) in [5, 5.41) is 20.0. The Morgan fingerprint density at radius 1 is 1.53 bits per heavy atom. The van der Waals surface area contributed by atoms with Crippen molar-refractivity contribution >= 4 is 17.3 Å². The molecule has 1 unspecified atom stereocenters. The van der Waals surface area contributed by atoms with E-state index in [0.717, 1.165) is 18.7 Å². The van der Waals surface area contributed by atoms with Gasteiger partial charge in [-0.15, -0.1) is 0 Å². The number of aryl methyl sites for hydroxylation is 1. The molecule has 6 heteroatoms. The predicted octanol–water partition coefficient (Wildman–Crippen LogP) is 2.20. The van der Waals surface area contributed by atoms with E-state index in [1.165, 1.54) is 6.07 Å². The lowest BCUT2D eigenvalue weighted by atomic mass is 9.97. The lowest BCUT2D eigenvalue weighted by Gasteiger charge is -2.32. The van der Waals surface area contributed by atoms with Gasteiger partial charge in [0.05, 0.1) is 10.8 Å². The fraction of sp³-hybridized carbons (Fsp3) is 0.462. The van der Waals surface area contributed by atoms with Crippen LogP contribution in [0.5, 0.6) is 0 Å². The number of rotatable bonds is 3. The van der Waals surface area contributed by atoms with Crippen LogP contribution in [-0.2, 0) is 4.79 Å². The second-order valence-electron chi connectivity index (χ2n) is 4.85. The molecule has 1 aliphatic rings. The van der Waals surface area contributed by atoms with E-state index in [-0.39, 0.29) is 5.69 Å². The number of anilines is 1. The molecule has 0 bridgehead atoms. The van der Waals surface area contributed by atoms with E-state index in [4.69, 9.17) is 5.11 Å². The van der Waals surface area contributed by atoms with E-state index >= 15 is 0 Å². The summed E-state index contributed by atoms with van der Waals surface area (Å²) in [5.41, 5.74) is 1.42. The quantitative estimate of drug-likeness (QED) is 0.668. The maximum Gasteiger partial charge on any atom is 0.308 e. The summed E-state index contributed by atoms with van der Waals surface area (Å²) in [4.78, 5) is 23.5. The van der Waals surface area contributed by atoms with Gasteiger partial charge >= 0.3 is 5.97 Å². The SMILES string of the molecule is Cc1ccc(N2CCCC(C(=O)O)C2)cc1[N+](=O)[O-]. The van der Waals surface area contributed by atoms with Gasteiger partial charge in [-0.05, 0) is 25.8 Å². The summed E-state index contributed by atoms with van der Waals surface area (Å²) < 4.78 is 0. The van der Waals surface area contributed by atoms with Gasteiger partial charge in [-0.2, -0.15) is 0 Å². The molecule has 1 aliphatic heterocycles. The number of piperidine rings is 1. The van der Waals surface area contributed by atoms with Crippen LogP contribution in [0.4, 0.5) is 11.4 Å². The molecule has 102 valence electrons. The Balaban J connectivity index is 2.24. The standard InChI is InChI=1S/C13H16N2O4/c1-9-4-5-11(7-12(9)15(18)19)14-6-2-3-10(8-14)13(16)17/h4-5,7,10H,2-3,6,8H2,1H3,(H,16,17). The van der Waals surface area contributed by atoms with Gasteiger partial charge < -0.3 is 10.0 Å². The van der Waals surface area contributed by atoms with Crippen molar-refractivity contribution in [1.29, 1.82) is 0 Å². The largest absolute Gasteiger partial charge is 0.481 e. The van der Waals surface area contributed by atoms with Crippen LogP contribution in [0.1, 0.15) is 18.4 Å². The topological polar surface area (TPSA) is 83.7 Å². The molecule has 1 N–H and O–H groups in total. The van der Waals surface area contributed by atoms with Gasteiger partial charge in [-0.1, -0.05) is 6.07 Å². The summed E-state index contributed by atoms with van der Waals surface area (Å²) >= 11 is 0. The minimum atomic E-state index is -0.800. The van der Waals surface area contributed by atoms with Crippen LogP contribution in [0.2, 0.25) is 0 Å². The number of aliphatic carboxylic acids is 1. The summed E-state index contributed by atoms with van der Waals surface area (Å²) in [7, 11) is 0. The molecule has 0 amide bonds. The highest BCUT2D eigenvalue weighted by atomic mass is 16.6. The first-order chi connectivity index (χ1) is 8.99. The molecule has 0 spiro atoms. The minimum absolute atomic E-state index is 0.0787. The smallest absolute Gasteiger partial charge is 0.308 e. The molecule has 6 nitrogen and oxygen atoms in total. The molecule has 0 radical (unpaired) electrons. The van der Waals surface area contributed by atoms with E-state index in [1.807, 2.05) is 11.0 Å². The summed E-state index contributed by atoms with van der Waals surface area (Å²) in [6, 6.07) is 5.05.